The Morgan fingerprint density at radius 3 is 2.82 bits per heavy atom. The van der Waals surface area contributed by atoms with Crippen molar-refractivity contribution in [1.29, 1.82) is 0 Å². The van der Waals surface area contributed by atoms with Gasteiger partial charge in [0.15, 0.2) is 5.96 Å². The van der Waals surface area contributed by atoms with Crippen molar-refractivity contribution in [2.24, 2.45) is 10.9 Å². The lowest BCUT2D eigenvalue weighted by molar-refractivity contribution is 0.0536. The van der Waals surface area contributed by atoms with Crippen LogP contribution in [0.15, 0.2) is 4.99 Å². The van der Waals surface area contributed by atoms with E-state index in [1.54, 1.807) is 7.11 Å². The van der Waals surface area contributed by atoms with Gasteiger partial charge in [0.05, 0.1) is 26.4 Å². The van der Waals surface area contributed by atoms with Gasteiger partial charge in [-0.05, 0) is 12.8 Å². The summed E-state index contributed by atoms with van der Waals surface area (Å²) in [5, 5.41) is 3.38. The second-order valence-electron chi connectivity index (χ2n) is 5.61. The van der Waals surface area contributed by atoms with Gasteiger partial charge < -0.3 is 24.4 Å². The van der Waals surface area contributed by atoms with E-state index in [4.69, 9.17) is 14.2 Å². The van der Waals surface area contributed by atoms with Crippen molar-refractivity contribution in [2.45, 2.75) is 26.2 Å². The minimum Gasteiger partial charge on any atom is -0.382 e. The highest BCUT2D eigenvalue weighted by molar-refractivity contribution is 5.80. The summed E-state index contributed by atoms with van der Waals surface area (Å²) in [5.41, 5.74) is 0. The molecule has 0 aromatic heterocycles. The number of hydrogen-bond donors (Lipinski definition) is 1. The van der Waals surface area contributed by atoms with Crippen LogP contribution in [0.4, 0.5) is 0 Å². The first-order valence-electron chi connectivity index (χ1n) is 8.41. The van der Waals surface area contributed by atoms with Crippen molar-refractivity contribution >= 4 is 5.96 Å². The number of rotatable bonds is 11. The maximum Gasteiger partial charge on any atom is 0.193 e. The molecular formula is C16H33N3O3. The van der Waals surface area contributed by atoms with Crippen molar-refractivity contribution in [2.75, 3.05) is 66.8 Å². The van der Waals surface area contributed by atoms with Crippen LogP contribution in [0, 0.1) is 5.92 Å². The van der Waals surface area contributed by atoms with E-state index in [2.05, 4.69) is 22.1 Å². The topological polar surface area (TPSA) is 55.3 Å². The van der Waals surface area contributed by atoms with Gasteiger partial charge in [0.25, 0.3) is 0 Å². The number of aliphatic imine (C=N–C) groups is 1. The van der Waals surface area contributed by atoms with Crippen molar-refractivity contribution in [1.82, 2.24) is 10.2 Å². The van der Waals surface area contributed by atoms with Gasteiger partial charge >= 0.3 is 0 Å². The van der Waals surface area contributed by atoms with Crippen LogP contribution < -0.4 is 5.32 Å². The van der Waals surface area contributed by atoms with Gasteiger partial charge in [-0.15, -0.1) is 0 Å². The van der Waals surface area contributed by atoms with Crippen LogP contribution in [-0.2, 0) is 14.2 Å². The summed E-state index contributed by atoms with van der Waals surface area (Å²) in [5.74, 6) is 1.55. The quantitative estimate of drug-likeness (QED) is 0.354. The first-order valence-corrected chi connectivity index (χ1v) is 8.41. The molecule has 0 aromatic carbocycles. The minimum atomic E-state index is 0.580. The third-order valence-corrected chi connectivity index (χ3v) is 3.75. The van der Waals surface area contributed by atoms with Crippen LogP contribution in [0.5, 0.6) is 0 Å². The molecule has 1 heterocycles. The van der Waals surface area contributed by atoms with Gasteiger partial charge in [-0.3, -0.25) is 4.99 Å². The van der Waals surface area contributed by atoms with E-state index in [0.29, 0.717) is 19.1 Å². The normalized spacial score (nSPS) is 19.0. The molecule has 22 heavy (non-hydrogen) atoms. The maximum absolute atomic E-state index is 5.62. The molecule has 130 valence electrons. The summed E-state index contributed by atoms with van der Waals surface area (Å²) in [7, 11) is 3.53. The predicted molar refractivity (Wildman–Crippen MR) is 89.5 cm³/mol. The smallest absolute Gasteiger partial charge is 0.193 e. The number of methoxy groups -OCH3 is 1. The standard InChI is InChI=1S/C16H33N3O3/c1-4-5-9-21-10-7-18-16(17-2)19-8-6-15(13-19)14-22-12-11-20-3/h15H,4-14H2,1-3H3,(H,17,18). The largest absolute Gasteiger partial charge is 0.382 e. The second-order valence-corrected chi connectivity index (χ2v) is 5.61. The fraction of sp³-hybridized carbons (Fsp3) is 0.938. The summed E-state index contributed by atoms with van der Waals surface area (Å²) in [4.78, 5) is 6.67. The molecule has 1 unspecified atom stereocenters. The predicted octanol–water partition coefficient (Wildman–Crippen LogP) is 1.36. The van der Waals surface area contributed by atoms with E-state index >= 15 is 0 Å². The third kappa shape index (κ3) is 7.96. The Morgan fingerprint density at radius 1 is 1.23 bits per heavy atom. The zero-order chi connectivity index (χ0) is 16.0. The van der Waals surface area contributed by atoms with Crippen LogP contribution in [-0.4, -0.2) is 77.7 Å². The summed E-state index contributed by atoms with van der Waals surface area (Å²) < 4.78 is 16.2. The fourth-order valence-electron chi connectivity index (χ4n) is 2.47. The summed E-state index contributed by atoms with van der Waals surface area (Å²) in [6, 6.07) is 0. The van der Waals surface area contributed by atoms with Gasteiger partial charge in [-0.2, -0.15) is 0 Å². The lowest BCUT2D eigenvalue weighted by Crippen LogP contribution is -2.41. The number of nitrogens with one attached hydrogen (secondary N) is 1. The Morgan fingerprint density at radius 2 is 2.09 bits per heavy atom. The molecule has 6 heteroatoms. The number of hydrogen-bond acceptors (Lipinski definition) is 4. The van der Waals surface area contributed by atoms with Crippen LogP contribution in [0.25, 0.3) is 0 Å². The molecule has 1 atom stereocenters. The number of guanidine groups is 1. The molecule has 1 rings (SSSR count). The molecule has 1 N–H and O–H groups in total. The van der Waals surface area contributed by atoms with Gasteiger partial charge in [-0.25, -0.2) is 0 Å². The lowest BCUT2D eigenvalue weighted by atomic mass is 10.1. The Labute approximate surface area is 135 Å². The van der Waals surface area contributed by atoms with Crippen molar-refractivity contribution < 1.29 is 14.2 Å². The molecular weight excluding hydrogens is 282 g/mol. The number of ether oxygens (including phenoxy) is 3. The van der Waals surface area contributed by atoms with E-state index in [1.165, 1.54) is 6.42 Å². The molecule has 1 saturated heterocycles. The van der Waals surface area contributed by atoms with Crippen molar-refractivity contribution in [3.63, 3.8) is 0 Å². The molecule has 0 aromatic rings. The van der Waals surface area contributed by atoms with Crippen LogP contribution in [0.1, 0.15) is 26.2 Å². The molecule has 0 bridgehead atoms. The third-order valence-electron chi connectivity index (χ3n) is 3.75. The van der Waals surface area contributed by atoms with Crippen LogP contribution in [0.2, 0.25) is 0 Å². The molecule has 0 amide bonds. The van der Waals surface area contributed by atoms with E-state index in [0.717, 1.165) is 58.3 Å². The van der Waals surface area contributed by atoms with Gasteiger partial charge in [0, 0.05) is 46.3 Å². The van der Waals surface area contributed by atoms with Crippen molar-refractivity contribution in [3.05, 3.63) is 0 Å². The maximum atomic E-state index is 5.62. The Kier molecular flexibility index (Phi) is 11.1. The van der Waals surface area contributed by atoms with Crippen LogP contribution >= 0.6 is 0 Å². The van der Waals surface area contributed by atoms with Crippen LogP contribution in [0.3, 0.4) is 0 Å². The highest BCUT2D eigenvalue weighted by atomic mass is 16.5. The monoisotopic (exact) mass is 315 g/mol. The highest BCUT2D eigenvalue weighted by Gasteiger charge is 2.24. The highest BCUT2D eigenvalue weighted by Crippen LogP contribution is 2.16. The molecule has 0 radical (unpaired) electrons. The lowest BCUT2D eigenvalue weighted by Gasteiger charge is -2.21. The number of nitrogens with zero attached hydrogens (tertiary/aromatic N) is 2. The minimum absolute atomic E-state index is 0.580. The second kappa shape index (κ2) is 12.7. The van der Waals surface area contributed by atoms with E-state index in [1.807, 2.05) is 7.05 Å². The fourth-order valence-corrected chi connectivity index (χ4v) is 2.47. The molecule has 0 spiro atoms. The Balaban J connectivity index is 2.14. The van der Waals surface area contributed by atoms with E-state index < -0.39 is 0 Å². The first kappa shape index (κ1) is 19.2. The van der Waals surface area contributed by atoms with Gasteiger partial charge in [0.1, 0.15) is 0 Å². The summed E-state index contributed by atoms with van der Waals surface area (Å²) >= 11 is 0. The van der Waals surface area contributed by atoms with E-state index in [-0.39, 0.29) is 0 Å². The Bertz CT molecular complexity index is 300. The van der Waals surface area contributed by atoms with Gasteiger partial charge in [0.2, 0.25) is 0 Å². The SMILES string of the molecule is CCCCOCCNC(=NC)N1CCC(COCCOC)C1. The zero-order valence-electron chi connectivity index (χ0n) is 14.5. The average molecular weight is 315 g/mol. The summed E-state index contributed by atoms with van der Waals surface area (Å²) in [6.07, 6.45) is 3.46. The zero-order valence-corrected chi connectivity index (χ0v) is 14.5. The molecule has 0 saturated carbocycles. The molecule has 6 nitrogen and oxygen atoms in total. The van der Waals surface area contributed by atoms with Crippen molar-refractivity contribution in [3.8, 4) is 0 Å². The first-order chi connectivity index (χ1) is 10.8. The molecule has 1 aliphatic rings. The van der Waals surface area contributed by atoms with E-state index in [9.17, 15) is 0 Å². The molecule has 1 fully saturated rings. The van der Waals surface area contributed by atoms with Gasteiger partial charge in [-0.1, -0.05) is 13.3 Å². The number of likely N-dealkylation sites (tertiary alicyclic amines) is 1. The Hall–Kier alpha value is -0.850. The average Bonchev–Trinajstić information content (AvgIpc) is 3.00. The summed E-state index contributed by atoms with van der Waals surface area (Å²) in [6.45, 7) is 8.74. The molecule has 1 aliphatic heterocycles. The molecule has 0 aliphatic carbocycles. The number of unbranched alkanes of at least 4 members (excludes halogenated alkanes) is 1.